The molecule has 166 valence electrons. The molecule has 1 aliphatic heterocycles. The molecule has 1 saturated heterocycles. The van der Waals surface area contributed by atoms with Crippen molar-refractivity contribution in [3.8, 4) is 0 Å². The Hall–Kier alpha value is -2.85. The highest BCUT2D eigenvalue weighted by molar-refractivity contribution is 7.89. The van der Waals surface area contributed by atoms with E-state index in [1.54, 1.807) is 37.8 Å². The molecule has 1 heterocycles. The summed E-state index contributed by atoms with van der Waals surface area (Å²) in [6.45, 7) is 5.62. The second kappa shape index (κ2) is 8.35. The first kappa shape index (κ1) is 22.8. The van der Waals surface area contributed by atoms with Crippen molar-refractivity contribution in [3.05, 3.63) is 69.5 Å². The molecule has 10 heteroatoms. The highest BCUT2D eigenvalue weighted by atomic mass is 32.2. The van der Waals surface area contributed by atoms with Crippen LogP contribution in [0.3, 0.4) is 0 Å². The number of amides is 1. The third-order valence-corrected chi connectivity index (χ3v) is 7.67. The lowest BCUT2D eigenvalue weighted by Gasteiger charge is -2.38. The number of sulfonamides is 1. The fraction of sp³-hybridized carbons (Fsp3) is 0.381. The molecule has 0 N–H and O–H groups in total. The van der Waals surface area contributed by atoms with Crippen LogP contribution in [0.5, 0.6) is 0 Å². The van der Waals surface area contributed by atoms with Gasteiger partial charge in [-0.25, -0.2) is 12.8 Å². The molecule has 1 aliphatic rings. The Morgan fingerprint density at radius 3 is 2.19 bits per heavy atom. The molecule has 0 unspecified atom stereocenters. The number of non-ortho nitro benzene ring substituents is 1. The van der Waals surface area contributed by atoms with Crippen molar-refractivity contribution in [2.45, 2.75) is 31.1 Å². The smallest absolute Gasteiger partial charge is 0.270 e. The van der Waals surface area contributed by atoms with Crippen LogP contribution in [0.1, 0.15) is 25.0 Å². The summed E-state index contributed by atoms with van der Waals surface area (Å²) in [5.41, 5.74) is -0.104. The van der Waals surface area contributed by atoms with Gasteiger partial charge in [-0.2, -0.15) is 4.31 Å². The molecular formula is C21H24FN3O5S. The van der Waals surface area contributed by atoms with Crippen LogP contribution in [-0.2, 0) is 20.2 Å². The molecular weight excluding hydrogens is 425 g/mol. The third kappa shape index (κ3) is 4.45. The lowest BCUT2D eigenvalue weighted by molar-refractivity contribution is -0.385. The summed E-state index contributed by atoms with van der Waals surface area (Å²) < 4.78 is 40.6. The second-order valence-corrected chi connectivity index (χ2v) is 9.94. The first-order valence-electron chi connectivity index (χ1n) is 9.75. The summed E-state index contributed by atoms with van der Waals surface area (Å²) >= 11 is 0. The van der Waals surface area contributed by atoms with Gasteiger partial charge in [-0.3, -0.25) is 14.9 Å². The van der Waals surface area contributed by atoms with Crippen LogP contribution < -0.4 is 0 Å². The number of rotatable bonds is 5. The zero-order valence-corrected chi connectivity index (χ0v) is 18.4. The Labute approximate surface area is 180 Å². The largest absolute Gasteiger partial charge is 0.339 e. The molecule has 3 rings (SSSR count). The van der Waals surface area contributed by atoms with Crippen molar-refractivity contribution in [2.75, 3.05) is 26.2 Å². The first-order valence-corrected chi connectivity index (χ1v) is 11.2. The van der Waals surface area contributed by atoms with Crippen LogP contribution in [0, 0.1) is 22.9 Å². The van der Waals surface area contributed by atoms with Gasteiger partial charge in [0, 0.05) is 38.3 Å². The molecule has 2 aromatic carbocycles. The molecule has 0 radical (unpaired) electrons. The van der Waals surface area contributed by atoms with E-state index >= 15 is 0 Å². The van der Waals surface area contributed by atoms with Crippen LogP contribution in [0.2, 0.25) is 0 Å². The number of nitro benzene ring substituents is 1. The zero-order chi connectivity index (χ0) is 23.0. The maximum Gasteiger partial charge on any atom is 0.270 e. The van der Waals surface area contributed by atoms with Gasteiger partial charge in [-0.15, -0.1) is 0 Å². The van der Waals surface area contributed by atoms with Crippen LogP contribution in [-0.4, -0.2) is 54.6 Å². The average Bonchev–Trinajstić information content (AvgIpc) is 2.73. The molecule has 0 spiro atoms. The second-order valence-electron chi connectivity index (χ2n) is 8.04. The first-order chi connectivity index (χ1) is 14.4. The van der Waals surface area contributed by atoms with E-state index < -0.39 is 20.4 Å². The average molecular weight is 450 g/mol. The molecule has 0 bridgehead atoms. The molecule has 0 saturated carbocycles. The van der Waals surface area contributed by atoms with E-state index in [4.69, 9.17) is 0 Å². The maximum absolute atomic E-state index is 13.2. The van der Waals surface area contributed by atoms with Gasteiger partial charge in [0.25, 0.3) is 5.69 Å². The monoisotopic (exact) mass is 449 g/mol. The minimum absolute atomic E-state index is 0.0791. The summed E-state index contributed by atoms with van der Waals surface area (Å²) in [6, 6.07) is 9.49. The standard InChI is InChI=1S/C21H24FN3O5S/c1-15-4-9-18(25(27)28)14-19(15)31(29,30)24-12-10-23(11-13-24)20(26)21(2,3)16-5-7-17(22)8-6-16/h4-9,14H,10-13H2,1-3H3. The fourth-order valence-corrected chi connectivity index (χ4v) is 5.30. The van der Waals surface area contributed by atoms with Gasteiger partial charge in [0.1, 0.15) is 5.82 Å². The van der Waals surface area contributed by atoms with Gasteiger partial charge in [-0.05, 0) is 44.0 Å². The van der Waals surface area contributed by atoms with Gasteiger partial charge >= 0.3 is 0 Å². The molecule has 0 aromatic heterocycles. The number of hydrogen-bond acceptors (Lipinski definition) is 5. The minimum Gasteiger partial charge on any atom is -0.339 e. The zero-order valence-electron chi connectivity index (χ0n) is 17.5. The van der Waals surface area contributed by atoms with E-state index in [2.05, 4.69) is 0 Å². The van der Waals surface area contributed by atoms with Crippen molar-refractivity contribution in [1.82, 2.24) is 9.21 Å². The lowest BCUT2D eigenvalue weighted by Crippen LogP contribution is -2.54. The predicted molar refractivity (Wildman–Crippen MR) is 113 cm³/mol. The quantitative estimate of drug-likeness (QED) is 0.516. The molecule has 1 amide bonds. The normalized spacial score (nSPS) is 15.7. The fourth-order valence-electron chi connectivity index (χ4n) is 3.64. The van der Waals surface area contributed by atoms with Gasteiger partial charge in [0.15, 0.2) is 0 Å². The Bertz CT molecular complexity index is 1110. The van der Waals surface area contributed by atoms with Crippen molar-refractivity contribution < 1.29 is 22.5 Å². The number of nitrogens with zero attached hydrogens (tertiary/aromatic N) is 3. The van der Waals surface area contributed by atoms with Crippen LogP contribution >= 0.6 is 0 Å². The number of piperazine rings is 1. The SMILES string of the molecule is Cc1ccc([N+](=O)[O-])cc1S(=O)(=O)N1CCN(C(=O)C(C)(C)c2ccc(F)cc2)CC1. The lowest BCUT2D eigenvalue weighted by atomic mass is 9.83. The van der Waals surface area contributed by atoms with E-state index in [0.29, 0.717) is 11.1 Å². The summed E-state index contributed by atoms with van der Waals surface area (Å²) in [5, 5.41) is 11.0. The van der Waals surface area contributed by atoms with Crippen molar-refractivity contribution in [2.24, 2.45) is 0 Å². The number of nitro groups is 1. The Morgan fingerprint density at radius 1 is 1.06 bits per heavy atom. The van der Waals surface area contributed by atoms with E-state index in [1.165, 1.54) is 28.6 Å². The van der Waals surface area contributed by atoms with E-state index in [1.807, 2.05) is 0 Å². The van der Waals surface area contributed by atoms with E-state index in [-0.39, 0.29) is 48.5 Å². The minimum atomic E-state index is -3.94. The molecule has 0 aliphatic carbocycles. The molecule has 1 fully saturated rings. The Kier molecular flexibility index (Phi) is 6.15. The van der Waals surface area contributed by atoms with Gasteiger partial charge in [0.2, 0.25) is 15.9 Å². The summed E-state index contributed by atoms with van der Waals surface area (Å²) in [4.78, 5) is 25.0. The molecule has 31 heavy (non-hydrogen) atoms. The Balaban J connectivity index is 1.76. The topological polar surface area (TPSA) is 101 Å². The number of halogens is 1. The number of carbonyl (C=O) groups is 1. The summed E-state index contributed by atoms with van der Waals surface area (Å²) in [7, 11) is -3.94. The third-order valence-electron chi connectivity index (χ3n) is 5.63. The maximum atomic E-state index is 13.2. The highest BCUT2D eigenvalue weighted by Crippen LogP contribution is 2.29. The highest BCUT2D eigenvalue weighted by Gasteiger charge is 2.37. The number of aryl methyl sites for hydroxylation is 1. The van der Waals surface area contributed by atoms with Gasteiger partial charge in [-0.1, -0.05) is 18.2 Å². The van der Waals surface area contributed by atoms with Crippen molar-refractivity contribution in [1.29, 1.82) is 0 Å². The Morgan fingerprint density at radius 2 is 1.65 bits per heavy atom. The number of benzene rings is 2. The van der Waals surface area contributed by atoms with E-state index in [0.717, 1.165) is 6.07 Å². The summed E-state index contributed by atoms with van der Waals surface area (Å²) in [5.74, 6) is -0.565. The van der Waals surface area contributed by atoms with Crippen molar-refractivity contribution in [3.63, 3.8) is 0 Å². The van der Waals surface area contributed by atoms with Crippen molar-refractivity contribution >= 4 is 21.6 Å². The van der Waals surface area contributed by atoms with Gasteiger partial charge in [0.05, 0.1) is 15.2 Å². The number of hydrogen-bond donors (Lipinski definition) is 0. The number of carbonyl (C=O) groups excluding carboxylic acids is 1. The van der Waals surface area contributed by atoms with E-state index in [9.17, 15) is 27.7 Å². The van der Waals surface area contributed by atoms with Gasteiger partial charge < -0.3 is 4.90 Å². The summed E-state index contributed by atoms with van der Waals surface area (Å²) in [6.07, 6.45) is 0. The van der Waals surface area contributed by atoms with Crippen LogP contribution in [0.25, 0.3) is 0 Å². The van der Waals surface area contributed by atoms with Crippen LogP contribution in [0.15, 0.2) is 47.4 Å². The molecule has 2 aromatic rings. The predicted octanol–water partition coefficient (Wildman–Crippen LogP) is 2.85. The molecule has 0 atom stereocenters. The molecule has 8 nitrogen and oxygen atoms in total. The van der Waals surface area contributed by atoms with Crippen LogP contribution in [0.4, 0.5) is 10.1 Å².